The van der Waals surface area contributed by atoms with Gasteiger partial charge in [-0.3, -0.25) is 0 Å². The number of aromatic nitrogens is 6. The molecule has 2 heterocycles. The number of rotatable bonds is 5. The molecule has 1 aliphatic carbocycles. The van der Waals surface area contributed by atoms with Crippen LogP contribution in [0.15, 0.2) is 170 Å². The lowest BCUT2D eigenvalue weighted by atomic mass is 9.82. The van der Waals surface area contributed by atoms with Crippen LogP contribution in [-0.4, -0.2) is 29.9 Å². The molecule has 6 heteroatoms. The van der Waals surface area contributed by atoms with Crippen molar-refractivity contribution in [3.8, 4) is 62.1 Å². The fourth-order valence-electron chi connectivity index (χ4n) is 8.47. The van der Waals surface area contributed by atoms with Gasteiger partial charge in [0, 0.05) is 27.5 Å². The summed E-state index contributed by atoms with van der Waals surface area (Å²) in [5.74, 6) is 1.88. The maximum atomic E-state index is 5.30. The SMILES string of the molecule is CC1(C)c2ccccc2-c2c(-c3nc(-c4ccc(-c5ccccc5)cc4)nc(-c4ccc5ccc6ccc7nn(-c8ccccc8)nc7c6c5c4)n3)cccc21. The summed E-state index contributed by atoms with van der Waals surface area (Å²) in [6.45, 7) is 4.60. The molecular weight excluding hydrogens is 685 g/mol. The second-order valence-electron chi connectivity index (χ2n) is 15.0. The highest BCUT2D eigenvalue weighted by Gasteiger charge is 2.37. The van der Waals surface area contributed by atoms with Gasteiger partial charge in [-0.15, -0.1) is 10.2 Å². The quantitative estimate of drug-likeness (QED) is 0.166. The lowest BCUT2D eigenvalue weighted by molar-refractivity contribution is 0.660. The molecule has 11 rings (SSSR count). The van der Waals surface area contributed by atoms with Crippen molar-refractivity contribution in [3.63, 3.8) is 0 Å². The van der Waals surface area contributed by atoms with Gasteiger partial charge in [-0.25, -0.2) is 15.0 Å². The third kappa shape index (κ3) is 5.07. The maximum Gasteiger partial charge on any atom is 0.164 e. The Kier molecular flexibility index (Phi) is 7.10. The second kappa shape index (κ2) is 12.4. The van der Waals surface area contributed by atoms with E-state index in [1.54, 1.807) is 4.80 Å². The van der Waals surface area contributed by atoms with Gasteiger partial charge in [-0.2, -0.15) is 4.80 Å². The van der Waals surface area contributed by atoms with Crippen LogP contribution < -0.4 is 0 Å². The van der Waals surface area contributed by atoms with Gasteiger partial charge in [0.25, 0.3) is 0 Å². The number of hydrogen-bond donors (Lipinski definition) is 0. The monoisotopic (exact) mass is 718 g/mol. The summed E-state index contributed by atoms with van der Waals surface area (Å²) >= 11 is 0. The first-order valence-corrected chi connectivity index (χ1v) is 18.9. The molecule has 10 aromatic rings. The lowest BCUT2D eigenvalue weighted by Gasteiger charge is -2.21. The molecule has 6 nitrogen and oxygen atoms in total. The van der Waals surface area contributed by atoms with E-state index in [1.807, 2.05) is 42.5 Å². The fourth-order valence-corrected chi connectivity index (χ4v) is 8.47. The Labute approximate surface area is 323 Å². The number of hydrogen-bond acceptors (Lipinski definition) is 5. The third-order valence-electron chi connectivity index (χ3n) is 11.3. The van der Waals surface area contributed by atoms with E-state index in [9.17, 15) is 0 Å². The Balaban J connectivity index is 1.13. The van der Waals surface area contributed by atoms with Gasteiger partial charge in [0.2, 0.25) is 0 Å². The van der Waals surface area contributed by atoms with Crippen LogP contribution in [0.5, 0.6) is 0 Å². The van der Waals surface area contributed by atoms with Crippen molar-refractivity contribution in [2.24, 2.45) is 0 Å². The largest absolute Gasteiger partial charge is 0.208 e. The van der Waals surface area contributed by atoms with Crippen molar-refractivity contribution in [1.82, 2.24) is 29.9 Å². The zero-order valence-electron chi connectivity index (χ0n) is 30.8. The van der Waals surface area contributed by atoms with E-state index < -0.39 is 0 Å². The molecule has 1 aliphatic rings. The highest BCUT2D eigenvalue weighted by molar-refractivity contribution is 6.18. The van der Waals surface area contributed by atoms with Crippen molar-refractivity contribution in [2.75, 3.05) is 0 Å². The Hall–Kier alpha value is -7.31. The molecule has 0 radical (unpaired) electrons. The summed E-state index contributed by atoms with van der Waals surface area (Å²) < 4.78 is 0. The lowest BCUT2D eigenvalue weighted by Crippen LogP contribution is -2.14. The van der Waals surface area contributed by atoms with Gasteiger partial charge < -0.3 is 0 Å². The minimum absolute atomic E-state index is 0.152. The number of nitrogens with zero attached hydrogens (tertiary/aromatic N) is 6. The molecule has 0 bridgehead atoms. The normalized spacial score (nSPS) is 13.0. The zero-order valence-corrected chi connectivity index (χ0v) is 30.8. The maximum absolute atomic E-state index is 5.30. The predicted molar refractivity (Wildman–Crippen MR) is 227 cm³/mol. The van der Waals surface area contributed by atoms with Crippen LogP contribution >= 0.6 is 0 Å². The summed E-state index contributed by atoms with van der Waals surface area (Å²) in [6.07, 6.45) is 0. The van der Waals surface area contributed by atoms with Crippen molar-refractivity contribution in [2.45, 2.75) is 19.3 Å². The molecule has 0 atom stereocenters. The van der Waals surface area contributed by atoms with Crippen molar-refractivity contribution in [1.29, 1.82) is 0 Å². The molecule has 8 aromatic carbocycles. The number of para-hydroxylation sites is 1. The van der Waals surface area contributed by atoms with Crippen LogP contribution in [0.4, 0.5) is 0 Å². The first-order valence-electron chi connectivity index (χ1n) is 18.9. The van der Waals surface area contributed by atoms with Gasteiger partial charge >= 0.3 is 0 Å². The second-order valence-corrected chi connectivity index (χ2v) is 15.0. The first kappa shape index (κ1) is 32.1. The third-order valence-corrected chi connectivity index (χ3v) is 11.3. The molecule has 0 saturated carbocycles. The van der Waals surface area contributed by atoms with E-state index in [2.05, 4.69) is 141 Å². The Bertz CT molecular complexity index is 3150. The smallest absolute Gasteiger partial charge is 0.164 e. The van der Waals surface area contributed by atoms with E-state index >= 15 is 0 Å². The van der Waals surface area contributed by atoms with Gasteiger partial charge in [0.05, 0.1) is 5.69 Å². The van der Waals surface area contributed by atoms with Crippen LogP contribution in [0.1, 0.15) is 25.0 Å². The average molecular weight is 719 g/mol. The van der Waals surface area contributed by atoms with E-state index in [0.29, 0.717) is 17.5 Å². The van der Waals surface area contributed by atoms with E-state index in [4.69, 9.17) is 25.1 Å². The molecule has 0 saturated heterocycles. The molecule has 0 amide bonds. The van der Waals surface area contributed by atoms with E-state index in [0.717, 1.165) is 60.5 Å². The van der Waals surface area contributed by atoms with Crippen LogP contribution in [0.25, 0.3) is 94.7 Å². The predicted octanol–water partition coefficient (Wildman–Crippen LogP) is 11.9. The fraction of sp³-hybridized carbons (Fsp3) is 0.0600. The Morgan fingerprint density at radius 1 is 0.446 bits per heavy atom. The van der Waals surface area contributed by atoms with E-state index in [-0.39, 0.29) is 5.41 Å². The summed E-state index contributed by atoms with van der Waals surface area (Å²) in [4.78, 5) is 17.5. The highest BCUT2D eigenvalue weighted by atomic mass is 15.5. The minimum Gasteiger partial charge on any atom is -0.208 e. The molecule has 0 N–H and O–H groups in total. The van der Waals surface area contributed by atoms with Crippen LogP contribution in [-0.2, 0) is 5.41 Å². The molecule has 2 aromatic heterocycles. The van der Waals surface area contributed by atoms with Crippen molar-refractivity contribution < 1.29 is 0 Å². The summed E-state index contributed by atoms with van der Waals surface area (Å²) in [7, 11) is 0. The van der Waals surface area contributed by atoms with Crippen molar-refractivity contribution >= 4 is 32.6 Å². The van der Waals surface area contributed by atoms with Gasteiger partial charge in [-0.05, 0) is 73.8 Å². The first-order chi connectivity index (χ1) is 27.5. The summed E-state index contributed by atoms with van der Waals surface area (Å²) in [6, 6.07) is 59.2. The molecule has 56 heavy (non-hydrogen) atoms. The number of fused-ring (bicyclic) bond motifs is 8. The molecule has 264 valence electrons. The average Bonchev–Trinajstić information content (AvgIpc) is 3.80. The summed E-state index contributed by atoms with van der Waals surface area (Å²) in [5.41, 5.74) is 12.6. The topological polar surface area (TPSA) is 69.4 Å². The van der Waals surface area contributed by atoms with Crippen LogP contribution in [0.3, 0.4) is 0 Å². The molecule has 0 fully saturated rings. The standard InChI is InChI=1S/C50H34N6/c1-50(2)41-18-10-9-16-38(41)45-39(17-11-19-42(45)50)49-52-47(35-25-20-32(21-26-35)31-12-5-3-6-13-31)51-48(53-49)36-27-23-33-22-24-34-28-29-43-46(44(34)40(33)30-36)55-56(54-43)37-14-7-4-8-15-37/h3-30H,1-2H3. The Morgan fingerprint density at radius 2 is 1.04 bits per heavy atom. The zero-order chi connectivity index (χ0) is 37.4. The van der Waals surface area contributed by atoms with Gasteiger partial charge in [0.15, 0.2) is 17.5 Å². The van der Waals surface area contributed by atoms with Gasteiger partial charge in [-0.1, -0.05) is 159 Å². The molecule has 0 aliphatic heterocycles. The van der Waals surface area contributed by atoms with Crippen molar-refractivity contribution in [3.05, 3.63) is 181 Å². The highest BCUT2D eigenvalue weighted by Crippen LogP contribution is 2.51. The molecule has 0 spiro atoms. The minimum atomic E-state index is -0.152. The summed E-state index contributed by atoms with van der Waals surface area (Å²) in [5, 5.41) is 14.2. The molecule has 0 unspecified atom stereocenters. The van der Waals surface area contributed by atoms with Gasteiger partial charge in [0.1, 0.15) is 11.0 Å². The van der Waals surface area contributed by atoms with Crippen LogP contribution in [0.2, 0.25) is 0 Å². The molecular formula is C50H34N6. The van der Waals surface area contributed by atoms with E-state index in [1.165, 1.54) is 27.8 Å². The Morgan fingerprint density at radius 3 is 1.86 bits per heavy atom. The number of benzene rings is 8. The van der Waals surface area contributed by atoms with Crippen LogP contribution in [0, 0.1) is 0 Å².